The van der Waals surface area contributed by atoms with Crippen molar-refractivity contribution in [2.75, 3.05) is 12.5 Å². The van der Waals surface area contributed by atoms with E-state index in [9.17, 15) is 14.4 Å². The van der Waals surface area contributed by atoms with Crippen LogP contribution in [0, 0.1) is 0 Å². The van der Waals surface area contributed by atoms with E-state index in [1.807, 2.05) is 0 Å². The lowest BCUT2D eigenvalue weighted by Gasteiger charge is -2.22. The third kappa shape index (κ3) is 3.12. The molecule has 7 nitrogen and oxygen atoms in total. The number of piperidine rings is 1. The average Bonchev–Trinajstić information content (AvgIpc) is 2.43. The molecule has 1 aromatic rings. The van der Waals surface area contributed by atoms with E-state index in [0.29, 0.717) is 17.7 Å². The summed E-state index contributed by atoms with van der Waals surface area (Å²) >= 11 is 0. The van der Waals surface area contributed by atoms with Crippen LogP contribution in [-0.2, 0) is 9.59 Å². The summed E-state index contributed by atoms with van der Waals surface area (Å²) in [6, 6.07) is 6.25. The second-order valence-electron chi connectivity index (χ2n) is 4.40. The van der Waals surface area contributed by atoms with Crippen molar-refractivity contribution in [3.63, 3.8) is 0 Å². The molecule has 0 bridgehead atoms. The fourth-order valence-corrected chi connectivity index (χ4v) is 1.99. The van der Waals surface area contributed by atoms with Crippen molar-refractivity contribution in [2.45, 2.75) is 18.9 Å². The minimum Gasteiger partial charge on any atom is -0.340 e. The molecule has 2 rings (SSSR count). The number of nitrogens with one attached hydrogen (secondary N) is 4. The van der Waals surface area contributed by atoms with Gasteiger partial charge in [-0.25, -0.2) is 5.43 Å². The Morgan fingerprint density at radius 2 is 2.05 bits per heavy atom. The van der Waals surface area contributed by atoms with Crippen molar-refractivity contribution in [2.24, 2.45) is 0 Å². The molecule has 4 N–H and O–H groups in total. The molecule has 1 fully saturated rings. The van der Waals surface area contributed by atoms with Gasteiger partial charge in [-0.05, 0) is 18.6 Å². The van der Waals surface area contributed by atoms with Crippen molar-refractivity contribution in [1.82, 2.24) is 16.1 Å². The molecule has 0 spiro atoms. The number of hydrazine groups is 1. The molecule has 1 atom stereocenters. The Hall–Kier alpha value is -2.41. The minimum absolute atomic E-state index is 0.229. The summed E-state index contributed by atoms with van der Waals surface area (Å²) in [4.78, 5) is 34.9. The van der Waals surface area contributed by atoms with Gasteiger partial charge < -0.3 is 10.7 Å². The van der Waals surface area contributed by atoms with Gasteiger partial charge in [0.25, 0.3) is 5.91 Å². The molecule has 0 aromatic heterocycles. The number of carbonyl (C=O) groups is 3. The van der Waals surface area contributed by atoms with Crippen LogP contribution >= 0.6 is 0 Å². The van der Waals surface area contributed by atoms with Gasteiger partial charge in [0.05, 0.1) is 11.3 Å². The number of para-hydroxylation sites is 1. The SMILES string of the molecule is CNNc1ccccc1C(=O)NC1CCC(=O)NC1=O. The Morgan fingerprint density at radius 1 is 1.30 bits per heavy atom. The number of amides is 3. The molecule has 20 heavy (non-hydrogen) atoms. The number of hydrogen-bond donors (Lipinski definition) is 4. The van der Waals surface area contributed by atoms with Gasteiger partial charge >= 0.3 is 0 Å². The number of carbonyl (C=O) groups excluding carboxylic acids is 3. The summed E-state index contributed by atoms with van der Waals surface area (Å²) in [6.45, 7) is 0. The normalized spacial score (nSPS) is 18.4. The molecule has 1 aliphatic rings. The molecule has 106 valence electrons. The first kappa shape index (κ1) is 14.0. The molecule has 0 saturated carbocycles. The van der Waals surface area contributed by atoms with Crippen LogP contribution in [0.4, 0.5) is 5.69 Å². The number of anilines is 1. The summed E-state index contributed by atoms with van der Waals surface area (Å²) < 4.78 is 0. The zero-order chi connectivity index (χ0) is 14.5. The minimum atomic E-state index is -0.678. The zero-order valence-corrected chi connectivity index (χ0v) is 11.0. The fourth-order valence-electron chi connectivity index (χ4n) is 1.99. The van der Waals surface area contributed by atoms with Crippen molar-refractivity contribution < 1.29 is 14.4 Å². The maximum absolute atomic E-state index is 12.2. The predicted octanol–water partition coefficient (Wildman–Crippen LogP) is -0.232. The highest BCUT2D eigenvalue weighted by molar-refractivity contribution is 6.05. The molecule has 1 aliphatic heterocycles. The van der Waals surface area contributed by atoms with Gasteiger partial charge in [-0.1, -0.05) is 12.1 Å². The summed E-state index contributed by atoms with van der Waals surface area (Å²) in [5, 5.41) is 4.84. The summed E-state index contributed by atoms with van der Waals surface area (Å²) in [7, 11) is 1.69. The quantitative estimate of drug-likeness (QED) is 0.449. The van der Waals surface area contributed by atoms with E-state index in [0.717, 1.165) is 0 Å². The van der Waals surface area contributed by atoms with Crippen molar-refractivity contribution in [1.29, 1.82) is 0 Å². The topological polar surface area (TPSA) is 99.3 Å². The summed E-state index contributed by atoms with van der Waals surface area (Å²) in [6.07, 6.45) is 0.547. The summed E-state index contributed by atoms with van der Waals surface area (Å²) in [5.41, 5.74) is 6.62. The highest BCUT2D eigenvalue weighted by Crippen LogP contribution is 2.15. The Balaban J connectivity index is 2.08. The van der Waals surface area contributed by atoms with Crippen molar-refractivity contribution >= 4 is 23.4 Å². The number of rotatable bonds is 4. The van der Waals surface area contributed by atoms with Crippen molar-refractivity contribution in [3.8, 4) is 0 Å². The Bertz CT molecular complexity index is 544. The van der Waals surface area contributed by atoms with E-state index in [-0.39, 0.29) is 18.2 Å². The van der Waals surface area contributed by atoms with Crippen LogP contribution in [0.1, 0.15) is 23.2 Å². The van der Waals surface area contributed by atoms with Crippen LogP contribution < -0.4 is 21.5 Å². The zero-order valence-electron chi connectivity index (χ0n) is 11.0. The molecule has 0 aliphatic carbocycles. The van der Waals surface area contributed by atoms with Gasteiger partial charge in [-0.3, -0.25) is 19.7 Å². The molecule has 1 aromatic carbocycles. The van der Waals surface area contributed by atoms with Gasteiger partial charge in [-0.15, -0.1) is 0 Å². The van der Waals surface area contributed by atoms with Crippen molar-refractivity contribution in [3.05, 3.63) is 29.8 Å². The predicted molar refractivity (Wildman–Crippen MR) is 72.8 cm³/mol. The van der Waals surface area contributed by atoms with E-state index in [2.05, 4.69) is 21.5 Å². The van der Waals surface area contributed by atoms with Gasteiger partial charge in [0.1, 0.15) is 6.04 Å². The van der Waals surface area contributed by atoms with E-state index in [1.165, 1.54) is 0 Å². The monoisotopic (exact) mass is 276 g/mol. The molecule has 3 amide bonds. The first-order valence-electron chi connectivity index (χ1n) is 6.28. The Kier molecular flexibility index (Phi) is 4.31. The lowest BCUT2D eigenvalue weighted by molar-refractivity contribution is -0.134. The molecule has 1 unspecified atom stereocenters. The number of benzene rings is 1. The molecular formula is C13H16N4O3. The first-order chi connectivity index (χ1) is 9.61. The van der Waals surface area contributed by atoms with Crippen LogP contribution in [0.25, 0.3) is 0 Å². The van der Waals surface area contributed by atoms with Gasteiger partial charge in [-0.2, -0.15) is 0 Å². The van der Waals surface area contributed by atoms with Gasteiger partial charge in [0, 0.05) is 13.5 Å². The Labute approximate surface area is 116 Å². The molecule has 7 heteroatoms. The van der Waals surface area contributed by atoms with Crippen LogP contribution in [0.2, 0.25) is 0 Å². The van der Waals surface area contributed by atoms with E-state index < -0.39 is 11.9 Å². The highest BCUT2D eigenvalue weighted by Gasteiger charge is 2.28. The third-order valence-electron chi connectivity index (χ3n) is 2.98. The Morgan fingerprint density at radius 3 is 2.75 bits per heavy atom. The van der Waals surface area contributed by atoms with Gasteiger partial charge in [0.2, 0.25) is 11.8 Å². The number of imide groups is 1. The van der Waals surface area contributed by atoms with E-state index in [4.69, 9.17) is 0 Å². The summed E-state index contributed by atoms with van der Waals surface area (Å²) in [5.74, 6) is -1.13. The average molecular weight is 276 g/mol. The van der Waals surface area contributed by atoms with Crippen LogP contribution in [0.5, 0.6) is 0 Å². The fraction of sp³-hybridized carbons (Fsp3) is 0.308. The standard InChI is InChI=1S/C13H16N4O3/c1-14-17-9-5-3-2-4-8(9)12(19)15-10-6-7-11(18)16-13(10)20/h2-5,10,14,17H,6-7H2,1H3,(H,15,19)(H,16,18,20). The van der Waals surface area contributed by atoms with E-state index >= 15 is 0 Å². The number of hydrogen-bond acceptors (Lipinski definition) is 5. The smallest absolute Gasteiger partial charge is 0.254 e. The van der Waals surface area contributed by atoms with Crippen LogP contribution in [-0.4, -0.2) is 30.8 Å². The maximum Gasteiger partial charge on any atom is 0.254 e. The lowest BCUT2D eigenvalue weighted by atomic mass is 10.1. The lowest BCUT2D eigenvalue weighted by Crippen LogP contribution is -2.52. The molecule has 1 saturated heterocycles. The van der Waals surface area contributed by atoms with Crippen LogP contribution in [0.15, 0.2) is 24.3 Å². The van der Waals surface area contributed by atoms with Gasteiger partial charge in [0.15, 0.2) is 0 Å². The second kappa shape index (κ2) is 6.16. The van der Waals surface area contributed by atoms with Crippen LogP contribution in [0.3, 0.4) is 0 Å². The maximum atomic E-state index is 12.2. The molecule has 1 heterocycles. The second-order valence-corrected chi connectivity index (χ2v) is 4.40. The molecule has 0 radical (unpaired) electrons. The highest BCUT2D eigenvalue weighted by atomic mass is 16.2. The molecular weight excluding hydrogens is 260 g/mol. The largest absolute Gasteiger partial charge is 0.340 e. The third-order valence-corrected chi connectivity index (χ3v) is 2.98. The van der Waals surface area contributed by atoms with E-state index in [1.54, 1.807) is 31.3 Å². The first-order valence-corrected chi connectivity index (χ1v) is 6.28.